The number of fused-ring (bicyclic) bond motifs is 12. The summed E-state index contributed by atoms with van der Waals surface area (Å²) in [5.74, 6) is 0. The smallest absolute Gasteiger partial charge is 0.0517 e. The summed E-state index contributed by atoms with van der Waals surface area (Å²) in [5, 5.41) is 0. The molecule has 0 spiro atoms. The minimum atomic E-state index is 0.0106. The van der Waals surface area contributed by atoms with Crippen molar-refractivity contribution in [1.29, 1.82) is 0 Å². The minimum Gasteiger partial charge on any atom is -0.298 e. The average molecular weight is 755 g/mol. The van der Waals surface area contributed by atoms with E-state index in [1.807, 2.05) is 37.3 Å². The normalized spacial score (nSPS) is 19.7. The van der Waals surface area contributed by atoms with Crippen molar-refractivity contribution in [2.45, 2.75) is 78.6 Å². The summed E-state index contributed by atoms with van der Waals surface area (Å²) in [7, 11) is 0. The first-order valence-corrected chi connectivity index (χ1v) is 20.5. The largest absolute Gasteiger partial charge is 0.298 e. The van der Waals surface area contributed by atoms with E-state index in [2.05, 4.69) is 127 Å². The van der Waals surface area contributed by atoms with E-state index < -0.39 is 0 Å². The Kier molecular flexibility index (Phi) is 15.0. The molecular weight excluding hydrogens is 689 g/mol. The molecule has 0 N–H and O–H groups in total. The van der Waals surface area contributed by atoms with E-state index in [1.54, 1.807) is 0 Å². The van der Waals surface area contributed by atoms with Gasteiger partial charge in [0.15, 0.2) is 0 Å². The highest BCUT2D eigenvalue weighted by atomic mass is 15.2. The van der Waals surface area contributed by atoms with Crippen LogP contribution in [-0.2, 0) is 16.2 Å². The second kappa shape index (κ2) is 19.6. The Morgan fingerprint density at radius 2 is 0.482 bits per heavy atom. The molecule has 3 aromatic carbocycles. The molecule has 0 saturated heterocycles. The molecule has 3 aliphatic heterocycles. The Morgan fingerprint density at radius 3 is 0.643 bits per heavy atom. The van der Waals surface area contributed by atoms with Gasteiger partial charge in [-0.3, -0.25) is 39.8 Å². The van der Waals surface area contributed by atoms with Gasteiger partial charge in [-0.15, -0.1) is 0 Å². The van der Waals surface area contributed by atoms with Crippen molar-refractivity contribution < 1.29 is 0 Å². The lowest BCUT2D eigenvalue weighted by atomic mass is 9.85. The molecule has 0 radical (unpaired) electrons. The van der Waals surface area contributed by atoms with Gasteiger partial charge in [-0.1, -0.05) is 62.3 Å². The third kappa shape index (κ3) is 14.0. The zero-order valence-corrected chi connectivity index (χ0v) is 35.7. The van der Waals surface area contributed by atoms with E-state index in [0.29, 0.717) is 39.3 Å². The predicted octanol–water partition coefficient (Wildman–Crippen LogP) is 8.12. The lowest BCUT2D eigenvalue weighted by Crippen LogP contribution is -2.31. The molecule has 0 aromatic heterocycles. The van der Waals surface area contributed by atoms with E-state index in [4.69, 9.17) is 30.0 Å². The maximum Gasteiger partial charge on any atom is 0.0517 e. The number of aliphatic imine (C=N–C) groups is 6. The van der Waals surface area contributed by atoms with Gasteiger partial charge in [-0.2, -0.15) is 0 Å². The summed E-state index contributed by atoms with van der Waals surface area (Å²) < 4.78 is 0. The molecule has 0 aliphatic carbocycles. The summed E-state index contributed by atoms with van der Waals surface area (Å²) in [6.45, 7) is 29.4. The summed E-state index contributed by atoms with van der Waals surface area (Å²) in [6.07, 6.45) is 12.2. The summed E-state index contributed by atoms with van der Waals surface area (Å²) in [4.78, 5) is 34.5. The molecule has 298 valence electrons. The van der Waals surface area contributed by atoms with Gasteiger partial charge in [-0.25, -0.2) is 0 Å². The highest BCUT2D eigenvalue weighted by molar-refractivity contribution is 5.88. The van der Waals surface area contributed by atoms with Gasteiger partial charge in [0.2, 0.25) is 0 Å². The van der Waals surface area contributed by atoms with Crippen molar-refractivity contribution in [2.24, 2.45) is 30.0 Å². The van der Waals surface area contributed by atoms with Crippen LogP contribution in [0.15, 0.2) is 84.6 Å². The fourth-order valence-corrected chi connectivity index (χ4v) is 6.66. The Morgan fingerprint density at radius 1 is 0.304 bits per heavy atom. The second-order valence-corrected chi connectivity index (χ2v) is 18.3. The predicted molar refractivity (Wildman–Crippen MR) is 243 cm³/mol. The minimum absolute atomic E-state index is 0.0106. The average Bonchev–Trinajstić information content (AvgIpc) is 3.13. The lowest BCUT2D eigenvalue weighted by Gasteiger charge is -2.21. The van der Waals surface area contributed by atoms with E-state index in [0.717, 1.165) is 72.6 Å². The SMILES string of the molecule is CC(C)(C)c1cc2cc(c1)C=NCCN1CCN=Cc3cc(cc(C(C)(C)C)c3)C=NCCN(CCN=C2)CCN=Cc2cc(cc(C(C)(C)C)c2)C=NCC1. The van der Waals surface area contributed by atoms with E-state index in [9.17, 15) is 0 Å². The van der Waals surface area contributed by atoms with Gasteiger partial charge in [-0.05, 0) is 121 Å². The molecule has 0 fully saturated rings. The van der Waals surface area contributed by atoms with Crippen LogP contribution in [0.2, 0.25) is 0 Å². The van der Waals surface area contributed by atoms with Crippen LogP contribution in [0.3, 0.4) is 0 Å². The van der Waals surface area contributed by atoms with Gasteiger partial charge in [0, 0.05) is 76.6 Å². The standard InChI is InChI=1S/C48H66N8/c1-46(2,3)43-25-37-22-38(26-43)32-50-11-17-56-19-13-52-34-40-23-39(27-44(28-40)47(4,5)6)33-51-12-18-55(16-10-49-31-37)20-14-53-35-41-24-42(36-54-15-21-56)30-45(29-41)48(7,8)9/h22-36H,10-21H2,1-9H3. The second-order valence-electron chi connectivity index (χ2n) is 18.3. The molecule has 56 heavy (non-hydrogen) atoms. The highest BCUT2D eigenvalue weighted by Gasteiger charge is 2.17. The Hall–Kier alpha value is -4.40. The van der Waals surface area contributed by atoms with Crippen LogP contribution in [0, 0.1) is 0 Å². The molecule has 0 saturated carbocycles. The summed E-state index contributed by atoms with van der Waals surface area (Å²) in [6, 6.07) is 20.2. The monoisotopic (exact) mass is 755 g/mol. The first kappa shape index (κ1) is 42.7. The fourth-order valence-electron chi connectivity index (χ4n) is 6.66. The van der Waals surface area contributed by atoms with Crippen molar-refractivity contribution in [3.8, 4) is 0 Å². The zero-order chi connectivity index (χ0) is 40.2. The molecule has 8 nitrogen and oxygen atoms in total. The van der Waals surface area contributed by atoms with Gasteiger partial charge >= 0.3 is 0 Å². The number of nitrogens with zero attached hydrogens (tertiary/aromatic N) is 8. The summed E-state index contributed by atoms with van der Waals surface area (Å²) >= 11 is 0. The number of rotatable bonds is 0. The first-order valence-electron chi connectivity index (χ1n) is 20.5. The molecule has 8 heteroatoms. The van der Waals surface area contributed by atoms with Crippen molar-refractivity contribution in [1.82, 2.24) is 9.80 Å². The molecular formula is C48H66N8. The van der Waals surface area contributed by atoms with Gasteiger partial charge in [0.05, 0.1) is 39.3 Å². The van der Waals surface area contributed by atoms with Crippen LogP contribution in [-0.4, -0.2) is 126 Å². The Balaban J connectivity index is 1.53. The highest BCUT2D eigenvalue weighted by Crippen LogP contribution is 2.26. The molecule has 3 heterocycles. The lowest BCUT2D eigenvalue weighted by molar-refractivity contribution is 0.298. The number of benzene rings is 3. The Bertz CT molecular complexity index is 1600. The summed E-state index contributed by atoms with van der Waals surface area (Å²) in [5.41, 5.74) is 10.5. The first-order chi connectivity index (χ1) is 26.6. The maximum atomic E-state index is 4.94. The number of hydrogen-bond donors (Lipinski definition) is 0. The topological polar surface area (TPSA) is 80.6 Å². The van der Waals surface area contributed by atoms with Crippen LogP contribution in [0.4, 0.5) is 0 Å². The maximum absolute atomic E-state index is 4.94. The van der Waals surface area contributed by atoms with Crippen molar-refractivity contribution in [3.63, 3.8) is 0 Å². The van der Waals surface area contributed by atoms with Gasteiger partial charge < -0.3 is 0 Å². The Labute approximate surface area is 337 Å². The van der Waals surface area contributed by atoms with Crippen molar-refractivity contribution in [3.05, 3.63) is 105 Å². The van der Waals surface area contributed by atoms with Crippen LogP contribution >= 0.6 is 0 Å². The quantitative estimate of drug-likeness (QED) is 0.233. The third-order valence-corrected chi connectivity index (χ3v) is 10.2. The molecule has 3 aliphatic rings. The third-order valence-electron chi connectivity index (χ3n) is 10.2. The van der Waals surface area contributed by atoms with E-state index in [1.165, 1.54) is 16.7 Å². The van der Waals surface area contributed by atoms with Gasteiger partial charge in [0.1, 0.15) is 0 Å². The molecule has 0 atom stereocenters. The molecule has 0 amide bonds. The molecule has 3 aromatic rings. The molecule has 0 unspecified atom stereocenters. The molecule has 6 rings (SSSR count). The van der Waals surface area contributed by atoms with Crippen molar-refractivity contribution >= 4 is 37.3 Å². The zero-order valence-electron chi connectivity index (χ0n) is 35.7. The van der Waals surface area contributed by atoms with Crippen LogP contribution < -0.4 is 0 Å². The van der Waals surface area contributed by atoms with Crippen LogP contribution in [0.1, 0.15) is 112 Å². The fraction of sp³-hybridized carbons (Fsp3) is 0.500. The van der Waals surface area contributed by atoms with Crippen molar-refractivity contribution in [2.75, 3.05) is 78.5 Å². The van der Waals surface area contributed by atoms with E-state index in [-0.39, 0.29) is 16.2 Å². The van der Waals surface area contributed by atoms with E-state index >= 15 is 0 Å². The van der Waals surface area contributed by atoms with Crippen LogP contribution in [0.5, 0.6) is 0 Å². The molecule has 8 bridgehead atoms. The number of hydrogen-bond acceptors (Lipinski definition) is 8. The van der Waals surface area contributed by atoms with Gasteiger partial charge in [0.25, 0.3) is 0 Å². The van der Waals surface area contributed by atoms with Crippen LogP contribution in [0.25, 0.3) is 0 Å².